The van der Waals surface area contributed by atoms with Crippen molar-refractivity contribution in [3.8, 4) is 11.8 Å². The third-order valence-electron chi connectivity index (χ3n) is 5.31. The minimum absolute atomic E-state index is 0.184. The van der Waals surface area contributed by atoms with Crippen molar-refractivity contribution in [3.63, 3.8) is 0 Å². The lowest BCUT2D eigenvalue weighted by Crippen LogP contribution is -2.55. The summed E-state index contributed by atoms with van der Waals surface area (Å²) in [7, 11) is 0. The van der Waals surface area contributed by atoms with Crippen molar-refractivity contribution in [2.75, 3.05) is 0 Å². The van der Waals surface area contributed by atoms with Crippen molar-refractivity contribution in [2.45, 2.75) is 57.4 Å². The normalized spacial score (nSPS) is 12.9. The Labute approximate surface area is 193 Å². The fraction of sp³-hybridized carbons (Fsp3) is 0.360. The van der Waals surface area contributed by atoms with Gasteiger partial charge in [-0.1, -0.05) is 55.3 Å². The Kier molecular flexibility index (Phi) is 8.95. The molecule has 0 radical (unpaired) electrons. The quantitative estimate of drug-likeness (QED) is 0.377. The lowest BCUT2D eigenvalue weighted by Gasteiger charge is -2.27. The molecule has 0 atom stereocenters. The number of aliphatic hydroxyl groups is 3. The predicted molar refractivity (Wildman–Crippen MR) is 115 cm³/mol. The summed E-state index contributed by atoms with van der Waals surface area (Å²) < 4.78 is 76.7. The minimum atomic E-state index is -6.00. The van der Waals surface area contributed by atoms with Crippen LogP contribution >= 0.6 is 0 Å². The van der Waals surface area contributed by atoms with Crippen molar-refractivity contribution in [1.82, 2.24) is 0 Å². The van der Waals surface area contributed by atoms with Crippen molar-refractivity contribution in [2.24, 2.45) is 0 Å². The summed E-state index contributed by atoms with van der Waals surface area (Å²) in [6, 6.07) is 12.4. The van der Waals surface area contributed by atoms with Crippen LogP contribution in [-0.2, 0) is 26.1 Å². The number of halogens is 6. The average molecular weight is 486 g/mol. The predicted octanol–water partition coefficient (Wildman–Crippen LogP) is 5.11. The van der Waals surface area contributed by atoms with Crippen LogP contribution in [0.1, 0.15) is 41.2 Å². The van der Waals surface area contributed by atoms with Gasteiger partial charge in [-0.3, -0.25) is 0 Å². The van der Waals surface area contributed by atoms with Crippen molar-refractivity contribution in [1.29, 1.82) is 0 Å². The molecule has 0 amide bonds. The molecule has 0 spiro atoms. The van der Waals surface area contributed by atoms with E-state index in [1.165, 1.54) is 0 Å². The molecule has 3 nitrogen and oxygen atoms in total. The van der Waals surface area contributed by atoms with Crippen LogP contribution in [0.3, 0.4) is 0 Å². The molecule has 2 aromatic carbocycles. The van der Waals surface area contributed by atoms with Crippen LogP contribution < -0.4 is 0 Å². The van der Waals surface area contributed by atoms with E-state index in [0.29, 0.717) is 35.1 Å². The maximum Gasteiger partial charge on any atom is 0.438 e. The molecule has 0 saturated heterocycles. The topological polar surface area (TPSA) is 60.7 Å². The van der Waals surface area contributed by atoms with E-state index in [2.05, 4.69) is 0 Å². The maximum atomic E-state index is 12.8. The van der Waals surface area contributed by atoms with Crippen LogP contribution in [0.4, 0.5) is 26.3 Å². The van der Waals surface area contributed by atoms with E-state index in [-0.39, 0.29) is 19.6 Å². The van der Waals surface area contributed by atoms with E-state index in [9.17, 15) is 36.6 Å². The summed E-state index contributed by atoms with van der Waals surface area (Å²) in [6.45, 7) is 1.29. The summed E-state index contributed by atoms with van der Waals surface area (Å²) in [5, 5.41) is 27.9. The second kappa shape index (κ2) is 11.1. The van der Waals surface area contributed by atoms with Crippen molar-refractivity contribution < 1.29 is 41.7 Å². The summed E-state index contributed by atoms with van der Waals surface area (Å²) in [5.74, 6) is 2.68. The SMILES string of the molecule is CC/C(=C\C#CC(O)(C(F)(F)F)C(F)(F)F)c1cccc(CCc2ccc(CO)c(CO)c2)c1. The van der Waals surface area contributed by atoms with E-state index < -0.39 is 18.0 Å². The van der Waals surface area contributed by atoms with Crippen LogP contribution in [0, 0.1) is 11.8 Å². The van der Waals surface area contributed by atoms with Crippen LogP contribution in [0.15, 0.2) is 48.5 Å². The number of rotatable bonds is 7. The number of aryl methyl sites for hydroxylation is 2. The molecule has 0 aromatic heterocycles. The van der Waals surface area contributed by atoms with Crippen LogP contribution in [0.2, 0.25) is 0 Å². The Morgan fingerprint density at radius 3 is 1.97 bits per heavy atom. The molecule has 0 heterocycles. The van der Waals surface area contributed by atoms with E-state index in [4.69, 9.17) is 5.11 Å². The highest BCUT2D eigenvalue weighted by atomic mass is 19.4. The highest BCUT2D eigenvalue weighted by Gasteiger charge is 2.70. The second-order valence-electron chi connectivity index (χ2n) is 7.62. The van der Waals surface area contributed by atoms with E-state index in [1.807, 2.05) is 12.1 Å². The highest BCUT2D eigenvalue weighted by molar-refractivity contribution is 5.68. The molecule has 0 aliphatic heterocycles. The van der Waals surface area contributed by atoms with Crippen molar-refractivity contribution in [3.05, 3.63) is 76.4 Å². The Balaban J connectivity index is 2.25. The Morgan fingerprint density at radius 2 is 1.44 bits per heavy atom. The van der Waals surface area contributed by atoms with Crippen LogP contribution in [0.25, 0.3) is 5.57 Å². The molecule has 0 bridgehead atoms. The fourth-order valence-electron chi connectivity index (χ4n) is 3.27. The standard InChI is InChI=1S/C25H24F6O3/c1-2-19(7-4-12-23(34,24(26,27)28)25(29,30)31)20-6-3-5-17(13-20)8-9-18-10-11-21(15-32)22(14-18)16-33/h3,5-7,10-11,13-14,32-34H,2,8-9,15-16H2,1H3/b19-7+. The number of aliphatic hydroxyl groups excluding tert-OH is 2. The number of benzene rings is 2. The summed E-state index contributed by atoms with van der Waals surface area (Å²) in [6.07, 6.45) is -9.56. The fourth-order valence-corrected chi connectivity index (χ4v) is 3.27. The maximum absolute atomic E-state index is 12.8. The molecule has 9 heteroatoms. The molecule has 0 saturated carbocycles. The molecule has 34 heavy (non-hydrogen) atoms. The first-order chi connectivity index (χ1) is 15.9. The van der Waals surface area contributed by atoms with Crippen LogP contribution in [0.5, 0.6) is 0 Å². The molecule has 184 valence electrons. The van der Waals surface area contributed by atoms with Gasteiger partial charge < -0.3 is 15.3 Å². The lowest BCUT2D eigenvalue weighted by atomic mass is 9.96. The van der Waals surface area contributed by atoms with Gasteiger partial charge in [0, 0.05) is 0 Å². The number of hydrogen-bond donors (Lipinski definition) is 3. The van der Waals surface area contributed by atoms with Gasteiger partial charge in [0.2, 0.25) is 0 Å². The lowest BCUT2D eigenvalue weighted by molar-refractivity contribution is -0.343. The van der Waals surface area contributed by atoms with E-state index in [1.54, 1.807) is 43.2 Å². The third-order valence-corrected chi connectivity index (χ3v) is 5.31. The van der Waals surface area contributed by atoms with Gasteiger partial charge in [0.25, 0.3) is 0 Å². The zero-order valence-electron chi connectivity index (χ0n) is 18.3. The summed E-state index contributed by atoms with van der Waals surface area (Å²) in [4.78, 5) is 0. The van der Waals surface area contributed by atoms with Gasteiger partial charge in [-0.2, -0.15) is 26.3 Å². The highest BCUT2D eigenvalue weighted by Crippen LogP contribution is 2.42. The van der Waals surface area contributed by atoms with Gasteiger partial charge >= 0.3 is 18.0 Å². The van der Waals surface area contributed by atoms with E-state index in [0.717, 1.165) is 23.1 Å². The first-order valence-corrected chi connectivity index (χ1v) is 10.4. The van der Waals surface area contributed by atoms with Crippen LogP contribution in [-0.4, -0.2) is 33.3 Å². The van der Waals surface area contributed by atoms with E-state index >= 15 is 0 Å². The van der Waals surface area contributed by atoms with Crippen molar-refractivity contribution >= 4 is 5.57 Å². The van der Waals surface area contributed by atoms with Gasteiger partial charge in [0.05, 0.1) is 13.2 Å². The first-order valence-electron chi connectivity index (χ1n) is 10.4. The van der Waals surface area contributed by atoms with Gasteiger partial charge in [0.15, 0.2) is 0 Å². The molecule has 3 N–H and O–H groups in total. The number of allylic oxidation sites excluding steroid dienone is 2. The Hall–Kier alpha value is -2.80. The summed E-state index contributed by atoms with van der Waals surface area (Å²) >= 11 is 0. The largest absolute Gasteiger partial charge is 0.438 e. The average Bonchev–Trinajstić information content (AvgIpc) is 2.78. The van der Waals surface area contributed by atoms with Gasteiger partial charge in [-0.25, -0.2) is 0 Å². The summed E-state index contributed by atoms with van der Waals surface area (Å²) in [5.41, 5.74) is -1.04. The number of hydrogen-bond acceptors (Lipinski definition) is 3. The van der Waals surface area contributed by atoms with Gasteiger partial charge in [-0.05, 0) is 64.6 Å². The monoisotopic (exact) mass is 486 g/mol. The Morgan fingerprint density at radius 1 is 0.853 bits per heavy atom. The van der Waals surface area contributed by atoms with Gasteiger partial charge in [-0.15, -0.1) is 0 Å². The first kappa shape index (κ1) is 27.4. The smallest absolute Gasteiger partial charge is 0.392 e. The molecule has 0 aliphatic carbocycles. The third kappa shape index (κ3) is 6.41. The molecular formula is C25H24F6O3. The Bertz CT molecular complexity index is 1060. The molecule has 0 unspecified atom stereocenters. The zero-order chi connectivity index (χ0) is 25.6. The number of alkyl halides is 6. The molecule has 0 fully saturated rings. The molecule has 2 aromatic rings. The molecule has 0 aliphatic rings. The molecular weight excluding hydrogens is 462 g/mol. The minimum Gasteiger partial charge on any atom is -0.392 e. The molecule has 2 rings (SSSR count). The second-order valence-corrected chi connectivity index (χ2v) is 7.62. The zero-order valence-corrected chi connectivity index (χ0v) is 18.3. The van der Waals surface area contributed by atoms with Gasteiger partial charge in [0.1, 0.15) is 0 Å².